The summed E-state index contributed by atoms with van der Waals surface area (Å²) in [6.07, 6.45) is 7.27. The average molecular weight is 332 g/mol. The molecule has 1 aliphatic carbocycles. The van der Waals surface area contributed by atoms with Gasteiger partial charge in [-0.2, -0.15) is 4.37 Å². The third kappa shape index (κ3) is 2.99. The molecule has 0 spiro atoms. The Morgan fingerprint density at radius 2 is 2.09 bits per heavy atom. The van der Waals surface area contributed by atoms with Crippen LogP contribution in [-0.2, 0) is 19.4 Å². The molecule has 2 aromatic rings. The van der Waals surface area contributed by atoms with Gasteiger partial charge in [-0.05, 0) is 45.1 Å². The van der Waals surface area contributed by atoms with Gasteiger partial charge in [0, 0.05) is 31.3 Å². The van der Waals surface area contributed by atoms with Crippen LogP contribution < -0.4 is 4.90 Å². The van der Waals surface area contributed by atoms with Crippen molar-refractivity contribution in [1.29, 1.82) is 0 Å². The summed E-state index contributed by atoms with van der Waals surface area (Å²) in [5, 5.41) is 0.976. The van der Waals surface area contributed by atoms with Crippen molar-refractivity contribution in [3.63, 3.8) is 0 Å². The molecule has 1 aliphatic heterocycles. The maximum absolute atomic E-state index is 4.91. The largest absolute Gasteiger partial charge is 0.353 e. The van der Waals surface area contributed by atoms with Crippen LogP contribution >= 0.6 is 11.5 Å². The molecule has 0 saturated carbocycles. The van der Waals surface area contributed by atoms with E-state index in [-0.39, 0.29) is 0 Å². The molecule has 1 N–H and O–H groups in total. The molecule has 7 heteroatoms. The predicted octanol–water partition coefficient (Wildman–Crippen LogP) is 2.54. The number of aromatic amines is 1. The maximum Gasteiger partial charge on any atom is 0.204 e. The highest BCUT2D eigenvalue weighted by molar-refractivity contribution is 7.09. The lowest BCUT2D eigenvalue weighted by Crippen LogP contribution is -2.24. The van der Waals surface area contributed by atoms with Crippen molar-refractivity contribution in [2.45, 2.75) is 51.1 Å². The highest BCUT2D eigenvalue weighted by atomic mass is 32.1. The fourth-order valence-electron chi connectivity index (χ4n) is 3.63. The van der Waals surface area contributed by atoms with Crippen molar-refractivity contribution in [3.05, 3.63) is 23.0 Å². The SMILES string of the molecule is CN(C)c1nc(CN2CCC[C@H]2c2nc3c([nH]2)CCCC3)ns1. The molecule has 1 saturated heterocycles. The standard InChI is InChI=1S/C16H24N6S/c1-21(2)16-19-14(20-23-16)10-22-9-5-8-13(22)15-17-11-6-3-4-7-12(11)18-15/h13H,3-10H2,1-2H3,(H,17,18)/t13-/m0/s1. The molecule has 0 unspecified atom stereocenters. The van der Waals surface area contributed by atoms with E-state index >= 15 is 0 Å². The molecule has 1 fully saturated rings. The molecule has 124 valence electrons. The first-order chi connectivity index (χ1) is 11.2. The quantitative estimate of drug-likeness (QED) is 0.932. The average Bonchev–Trinajstić information content (AvgIpc) is 3.25. The van der Waals surface area contributed by atoms with Crippen molar-refractivity contribution < 1.29 is 0 Å². The first-order valence-electron chi connectivity index (χ1n) is 8.52. The number of likely N-dealkylation sites (tertiary alicyclic amines) is 1. The molecule has 4 rings (SSSR count). The van der Waals surface area contributed by atoms with Crippen molar-refractivity contribution in [3.8, 4) is 0 Å². The number of aryl methyl sites for hydroxylation is 2. The Morgan fingerprint density at radius 3 is 2.87 bits per heavy atom. The predicted molar refractivity (Wildman–Crippen MR) is 91.9 cm³/mol. The van der Waals surface area contributed by atoms with Gasteiger partial charge in [-0.15, -0.1) is 0 Å². The van der Waals surface area contributed by atoms with Gasteiger partial charge in [-0.1, -0.05) is 0 Å². The smallest absolute Gasteiger partial charge is 0.204 e. The molecule has 0 radical (unpaired) electrons. The summed E-state index contributed by atoms with van der Waals surface area (Å²) in [5.74, 6) is 2.10. The van der Waals surface area contributed by atoms with Crippen molar-refractivity contribution in [1.82, 2.24) is 24.2 Å². The van der Waals surface area contributed by atoms with Crippen LogP contribution in [0, 0.1) is 0 Å². The Labute approximate surface area is 141 Å². The Bertz CT molecular complexity index is 652. The number of anilines is 1. The lowest BCUT2D eigenvalue weighted by molar-refractivity contribution is 0.235. The summed E-state index contributed by atoms with van der Waals surface area (Å²) in [6, 6.07) is 0.395. The van der Waals surface area contributed by atoms with E-state index in [4.69, 9.17) is 4.98 Å². The highest BCUT2D eigenvalue weighted by Crippen LogP contribution is 2.33. The number of fused-ring (bicyclic) bond motifs is 1. The number of aromatic nitrogens is 4. The minimum absolute atomic E-state index is 0.395. The molecule has 0 aromatic carbocycles. The second-order valence-electron chi connectivity index (χ2n) is 6.77. The molecular formula is C16H24N6S. The summed E-state index contributed by atoms with van der Waals surface area (Å²) in [7, 11) is 4.02. The second-order valence-corrected chi connectivity index (χ2v) is 7.50. The van der Waals surface area contributed by atoms with E-state index in [2.05, 4.69) is 19.2 Å². The monoisotopic (exact) mass is 332 g/mol. The number of hydrogen-bond donors (Lipinski definition) is 1. The zero-order valence-electron chi connectivity index (χ0n) is 13.9. The zero-order chi connectivity index (χ0) is 15.8. The van der Waals surface area contributed by atoms with Gasteiger partial charge >= 0.3 is 0 Å². The van der Waals surface area contributed by atoms with Gasteiger partial charge in [0.2, 0.25) is 5.13 Å². The van der Waals surface area contributed by atoms with E-state index in [0.29, 0.717) is 6.04 Å². The van der Waals surface area contributed by atoms with Crippen LogP contribution in [0.5, 0.6) is 0 Å². The third-order valence-corrected chi connectivity index (χ3v) is 5.76. The van der Waals surface area contributed by atoms with Crippen LogP contribution in [0.15, 0.2) is 0 Å². The van der Waals surface area contributed by atoms with Gasteiger partial charge in [-0.3, -0.25) is 4.90 Å². The van der Waals surface area contributed by atoms with Gasteiger partial charge in [0.05, 0.1) is 18.3 Å². The second kappa shape index (κ2) is 6.20. The number of nitrogens with zero attached hydrogens (tertiary/aromatic N) is 5. The fourth-order valence-corrected chi connectivity index (χ4v) is 4.23. The highest BCUT2D eigenvalue weighted by Gasteiger charge is 2.30. The molecule has 3 heterocycles. The first kappa shape index (κ1) is 15.1. The van der Waals surface area contributed by atoms with Gasteiger partial charge in [0.1, 0.15) is 5.82 Å². The molecule has 0 amide bonds. The lowest BCUT2D eigenvalue weighted by Gasteiger charge is -2.21. The Kier molecular flexibility index (Phi) is 4.07. The van der Waals surface area contributed by atoms with Crippen LogP contribution in [0.25, 0.3) is 0 Å². The summed E-state index contributed by atoms with van der Waals surface area (Å²) < 4.78 is 4.51. The normalized spacial score (nSPS) is 21.6. The fraction of sp³-hybridized carbons (Fsp3) is 0.688. The molecule has 23 heavy (non-hydrogen) atoms. The van der Waals surface area contributed by atoms with E-state index < -0.39 is 0 Å². The van der Waals surface area contributed by atoms with Gasteiger partial charge < -0.3 is 9.88 Å². The number of hydrogen-bond acceptors (Lipinski definition) is 6. The van der Waals surface area contributed by atoms with Crippen LogP contribution in [0.3, 0.4) is 0 Å². The number of H-pyrrole nitrogens is 1. The molecule has 0 bridgehead atoms. The molecule has 6 nitrogen and oxygen atoms in total. The molecule has 1 atom stereocenters. The first-order valence-corrected chi connectivity index (χ1v) is 9.29. The number of imidazole rings is 1. The van der Waals surface area contributed by atoms with Gasteiger partial charge in [0.25, 0.3) is 0 Å². The molecule has 2 aromatic heterocycles. The van der Waals surface area contributed by atoms with E-state index in [0.717, 1.165) is 42.7 Å². The summed E-state index contributed by atoms with van der Waals surface area (Å²) in [6.45, 7) is 1.92. The Balaban J connectivity index is 1.50. The van der Waals surface area contributed by atoms with E-state index in [9.17, 15) is 0 Å². The summed E-state index contributed by atoms with van der Waals surface area (Å²) in [4.78, 5) is 17.7. The minimum atomic E-state index is 0.395. The summed E-state index contributed by atoms with van der Waals surface area (Å²) in [5.41, 5.74) is 2.68. The van der Waals surface area contributed by atoms with Crippen molar-refractivity contribution in [2.75, 3.05) is 25.5 Å². The van der Waals surface area contributed by atoms with Crippen LogP contribution in [-0.4, -0.2) is 44.9 Å². The van der Waals surface area contributed by atoms with E-state index in [1.54, 1.807) is 0 Å². The van der Waals surface area contributed by atoms with Crippen molar-refractivity contribution in [2.24, 2.45) is 0 Å². The topological polar surface area (TPSA) is 60.9 Å². The van der Waals surface area contributed by atoms with Gasteiger partial charge in [-0.25, -0.2) is 9.97 Å². The summed E-state index contributed by atoms with van der Waals surface area (Å²) >= 11 is 1.47. The molecule has 2 aliphatic rings. The van der Waals surface area contributed by atoms with Crippen LogP contribution in [0.2, 0.25) is 0 Å². The van der Waals surface area contributed by atoms with Crippen molar-refractivity contribution >= 4 is 16.7 Å². The Hall–Kier alpha value is -1.47. The van der Waals surface area contributed by atoms with E-state index in [1.165, 1.54) is 48.6 Å². The maximum atomic E-state index is 4.91. The zero-order valence-corrected chi connectivity index (χ0v) is 14.7. The van der Waals surface area contributed by atoms with E-state index in [1.807, 2.05) is 19.0 Å². The minimum Gasteiger partial charge on any atom is -0.353 e. The molecular weight excluding hydrogens is 308 g/mol. The lowest BCUT2D eigenvalue weighted by atomic mass is 10.0. The number of rotatable bonds is 4. The van der Waals surface area contributed by atoms with Crippen LogP contribution in [0.4, 0.5) is 5.13 Å². The van der Waals surface area contributed by atoms with Gasteiger partial charge in [0.15, 0.2) is 5.82 Å². The third-order valence-electron chi connectivity index (χ3n) is 4.84. The number of nitrogens with one attached hydrogen (secondary N) is 1. The van der Waals surface area contributed by atoms with Crippen LogP contribution in [0.1, 0.15) is 54.8 Å². The Morgan fingerprint density at radius 1 is 1.22 bits per heavy atom.